The normalized spacial score (nSPS) is 40.9. The van der Waals surface area contributed by atoms with Gasteiger partial charge >= 0.3 is 0 Å². The first-order valence-electron chi connectivity index (χ1n) is 7.95. The Labute approximate surface area is 122 Å². The molecule has 1 N–H and O–H groups in total. The van der Waals surface area contributed by atoms with E-state index in [-0.39, 0.29) is 0 Å². The Morgan fingerprint density at radius 3 is 2.55 bits per heavy atom. The van der Waals surface area contributed by atoms with Crippen molar-refractivity contribution < 1.29 is 5.11 Å². The van der Waals surface area contributed by atoms with Crippen LogP contribution in [-0.4, -0.2) is 10.1 Å². The lowest BCUT2D eigenvalue weighted by Gasteiger charge is -2.46. The van der Waals surface area contributed by atoms with Gasteiger partial charge in [0.2, 0.25) is 0 Å². The van der Waals surface area contributed by atoms with Crippen LogP contribution in [0.3, 0.4) is 0 Å². The van der Waals surface area contributed by atoms with Crippen molar-refractivity contribution >= 4 is 0 Å². The minimum atomic E-state index is -0.705. The zero-order valence-electron chi connectivity index (χ0n) is 13.1. The van der Waals surface area contributed by atoms with Crippen LogP contribution in [0.4, 0.5) is 0 Å². The number of aliphatic hydroxyl groups is 1. The Bertz CT molecular complexity index is 478. The van der Waals surface area contributed by atoms with Crippen molar-refractivity contribution in [2.45, 2.75) is 52.6 Å². The Balaban J connectivity index is 1.93. The molecule has 3 rings (SSSR count). The van der Waals surface area contributed by atoms with E-state index >= 15 is 0 Å². The Morgan fingerprint density at radius 2 is 2.00 bits per heavy atom. The summed E-state index contributed by atoms with van der Waals surface area (Å²) >= 11 is 0. The maximum absolute atomic E-state index is 11.2. The summed E-state index contributed by atoms with van der Waals surface area (Å²) in [6.45, 7) is 9.45. The number of rotatable bonds is 1. The zero-order chi connectivity index (χ0) is 14.5. The highest BCUT2D eigenvalue weighted by Gasteiger charge is 2.55. The number of hydrogen-bond acceptors (Lipinski definition) is 2. The molecule has 5 atom stereocenters. The minimum absolute atomic E-state index is 0.339. The number of pyridine rings is 1. The molecule has 2 unspecified atom stereocenters. The van der Waals surface area contributed by atoms with Crippen molar-refractivity contribution in [1.82, 2.24) is 4.98 Å². The van der Waals surface area contributed by atoms with Gasteiger partial charge in [0.05, 0.1) is 5.69 Å². The molecular weight excluding hydrogens is 246 g/mol. The predicted octanol–water partition coefficient (Wildman–Crippen LogP) is 4.00. The molecule has 0 aliphatic heterocycles. The lowest BCUT2D eigenvalue weighted by Crippen LogP contribution is -2.43. The molecule has 20 heavy (non-hydrogen) atoms. The molecule has 2 aliphatic carbocycles. The first-order valence-corrected chi connectivity index (χ1v) is 7.95. The summed E-state index contributed by atoms with van der Waals surface area (Å²) in [4.78, 5) is 4.43. The summed E-state index contributed by atoms with van der Waals surface area (Å²) in [7, 11) is 0. The molecule has 1 aromatic rings. The highest BCUT2D eigenvalue weighted by molar-refractivity contribution is 5.17. The van der Waals surface area contributed by atoms with Crippen molar-refractivity contribution in [3.05, 3.63) is 30.1 Å². The van der Waals surface area contributed by atoms with E-state index in [1.54, 1.807) is 6.20 Å². The second kappa shape index (κ2) is 4.56. The summed E-state index contributed by atoms with van der Waals surface area (Å²) < 4.78 is 0. The number of fused-ring (bicyclic) bond motifs is 2. The van der Waals surface area contributed by atoms with Crippen LogP contribution >= 0.6 is 0 Å². The Hall–Kier alpha value is -0.890. The third kappa shape index (κ3) is 2.18. The molecule has 0 amide bonds. The standard InChI is InChI=1S/C18H27NO/c1-12-9-13-10-18(20,15-7-5-6-8-19-15)11-14(12)16(13)17(2,3)4/h5-8,12-14,16,20H,9-11H2,1-4H3/t12-,13?,14?,16-,18+/m1/s1. The average Bonchev–Trinajstić information content (AvgIpc) is 2.59. The predicted molar refractivity (Wildman–Crippen MR) is 81.1 cm³/mol. The highest BCUT2D eigenvalue weighted by Crippen LogP contribution is 2.60. The van der Waals surface area contributed by atoms with E-state index in [2.05, 4.69) is 32.7 Å². The van der Waals surface area contributed by atoms with E-state index < -0.39 is 5.60 Å². The van der Waals surface area contributed by atoms with E-state index in [1.165, 1.54) is 6.42 Å². The van der Waals surface area contributed by atoms with Gasteiger partial charge in [-0.2, -0.15) is 0 Å². The van der Waals surface area contributed by atoms with Crippen molar-refractivity contribution in [2.75, 3.05) is 0 Å². The monoisotopic (exact) mass is 273 g/mol. The van der Waals surface area contributed by atoms with Crippen LogP contribution in [0.1, 0.15) is 52.7 Å². The van der Waals surface area contributed by atoms with Gasteiger partial charge in [-0.05, 0) is 60.5 Å². The maximum atomic E-state index is 11.2. The maximum Gasteiger partial charge on any atom is 0.107 e. The van der Waals surface area contributed by atoms with Gasteiger partial charge in [0, 0.05) is 6.20 Å². The lowest BCUT2D eigenvalue weighted by molar-refractivity contribution is -0.0748. The van der Waals surface area contributed by atoms with E-state index in [4.69, 9.17) is 0 Å². The van der Waals surface area contributed by atoms with Crippen molar-refractivity contribution in [1.29, 1.82) is 0 Å². The molecule has 110 valence electrons. The summed E-state index contributed by atoms with van der Waals surface area (Å²) in [5, 5.41) is 11.2. The minimum Gasteiger partial charge on any atom is -0.384 e. The second-order valence-corrected chi connectivity index (χ2v) is 8.18. The smallest absolute Gasteiger partial charge is 0.107 e. The van der Waals surface area contributed by atoms with Gasteiger partial charge < -0.3 is 5.11 Å². The molecule has 2 nitrogen and oxygen atoms in total. The molecule has 2 fully saturated rings. The van der Waals surface area contributed by atoms with E-state index in [9.17, 15) is 5.11 Å². The zero-order valence-corrected chi connectivity index (χ0v) is 13.1. The molecule has 0 saturated heterocycles. The topological polar surface area (TPSA) is 33.1 Å². The molecule has 1 aromatic heterocycles. The third-order valence-electron chi connectivity index (χ3n) is 5.69. The van der Waals surface area contributed by atoms with Crippen LogP contribution in [0.2, 0.25) is 0 Å². The lowest BCUT2D eigenvalue weighted by atomic mass is 9.60. The molecule has 2 saturated carbocycles. The SMILES string of the molecule is C[C@@H]1CC2C[C@@](O)(c3ccccn3)CC1[C@@H]2C(C)(C)C. The van der Waals surface area contributed by atoms with Gasteiger partial charge in [-0.1, -0.05) is 33.8 Å². The van der Waals surface area contributed by atoms with Crippen LogP contribution in [0.5, 0.6) is 0 Å². The van der Waals surface area contributed by atoms with Crippen molar-refractivity contribution in [2.24, 2.45) is 29.1 Å². The van der Waals surface area contributed by atoms with Gasteiger partial charge in [-0.15, -0.1) is 0 Å². The first kappa shape index (κ1) is 14.1. The van der Waals surface area contributed by atoms with Gasteiger partial charge in [0.25, 0.3) is 0 Å². The molecule has 0 radical (unpaired) electrons. The van der Waals surface area contributed by atoms with Crippen LogP contribution in [-0.2, 0) is 5.60 Å². The van der Waals surface area contributed by atoms with Gasteiger partial charge in [-0.25, -0.2) is 0 Å². The molecule has 2 bridgehead atoms. The van der Waals surface area contributed by atoms with E-state index in [0.29, 0.717) is 17.3 Å². The molecule has 2 heteroatoms. The van der Waals surface area contributed by atoms with Crippen LogP contribution in [0.15, 0.2) is 24.4 Å². The Kier molecular flexibility index (Phi) is 3.20. The fourth-order valence-electron chi connectivity index (χ4n) is 5.14. The molecular formula is C18H27NO. The second-order valence-electron chi connectivity index (χ2n) is 8.18. The Morgan fingerprint density at radius 1 is 1.25 bits per heavy atom. The molecule has 2 aliphatic rings. The number of hydrogen-bond donors (Lipinski definition) is 1. The summed E-state index contributed by atoms with van der Waals surface area (Å²) in [5.74, 6) is 2.72. The summed E-state index contributed by atoms with van der Waals surface area (Å²) in [6, 6.07) is 5.90. The highest BCUT2D eigenvalue weighted by atomic mass is 16.3. The molecule has 1 heterocycles. The first-order chi connectivity index (χ1) is 9.31. The summed E-state index contributed by atoms with van der Waals surface area (Å²) in [6.07, 6.45) is 4.83. The fraction of sp³-hybridized carbons (Fsp3) is 0.722. The third-order valence-corrected chi connectivity index (χ3v) is 5.69. The van der Waals surface area contributed by atoms with Crippen molar-refractivity contribution in [3.63, 3.8) is 0 Å². The van der Waals surface area contributed by atoms with Gasteiger partial charge in [0.1, 0.15) is 5.60 Å². The fourth-order valence-corrected chi connectivity index (χ4v) is 5.14. The number of nitrogens with zero attached hydrogens (tertiary/aromatic N) is 1. The quantitative estimate of drug-likeness (QED) is 0.839. The van der Waals surface area contributed by atoms with Crippen LogP contribution < -0.4 is 0 Å². The van der Waals surface area contributed by atoms with E-state index in [0.717, 1.165) is 30.4 Å². The average molecular weight is 273 g/mol. The largest absolute Gasteiger partial charge is 0.384 e. The van der Waals surface area contributed by atoms with Crippen LogP contribution in [0.25, 0.3) is 0 Å². The summed E-state index contributed by atoms with van der Waals surface area (Å²) in [5.41, 5.74) is 0.505. The molecule has 0 aromatic carbocycles. The van der Waals surface area contributed by atoms with Crippen LogP contribution in [0, 0.1) is 29.1 Å². The van der Waals surface area contributed by atoms with Crippen molar-refractivity contribution in [3.8, 4) is 0 Å². The van der Waals surface area contributed by atoms with E-state index in [1.807, 2.05) is 18.2 Å². The number of aromatic nitrogens is 1. The molecule has 0 spiro atoms. The van der Waals surface area contributed by atoms with Gasteiger partial charge in [-0.3, -0.25) is 4.98 Å². The van der Waals surface area contributed by atoms with Gasteiger partial charge in [0.15, 0.2) is 0 Å².